The van der Waals surface area contributed by atoms with E-state index >= 15 is 0 Å². The van der Waals surface area contributed by atoms with Crippen LogP contribution in [0.3, 0.4) is 0 Å². The third-order valence-electron chi connectivity index (χ3n) is 4.18. The molecule has 1 amide bonds. The zero-order chi connectivity index (χ0) is 15.1. The van der Waals surface area contributed by atoms with Crippen LogP contribution in [0, 0.1) is 6.92 Å². The fourth-order valence-corrected chi connectivity index (χ4v) is 3.86. The number of imidazole rings is 1. The third kappa shape index (κ3) is 2.09. The molecular formula is C15H15N5OS. The molecule has 0 unspecified atom stereocenters. The molecule has 0 bridgehead atoms. The highest BCUT2D eigenvalue weighted by Gasteiger charge is 2.31. The molecule has 4 heterocycles. The van der Waals surface area contributed by atoms with Crippen LogP contribution in [0.5, 0.6) is 0 Å². The second-order valence-corrected chi connectivity index (χ2v) is 6.40. The number of rotatable bonds is 2. The molecule has 1 aliphatic heterocycles. The molecule has 0 aliphatic carbocycles. The average Bonchev–Trinajstić information content (AvgIpc) is 3.23. The largest absolute Gasteiger partial charge is 0.338 e. The second-order valence-electron chi connectivity index (χ2n) is 5.50. The second kappa shape index (κ2) is 5.17. The number of aromatic nitrogens is 4. The van der Waals surface area contributed by atoms with Crippen LogP contribution < -0.4 is 0 Å². The van der Waals surface area contributed by atoms with Crippen LogP contribution in [0.15, 0.2) is 30.4 Å². The van der Waals surface area contributed by atoms with Crippen molar-refractivity contribution >= 4 is 22.1 Å². The molecule has 112 valence electrons. The van der Waals surface area contributed by atoms with E-state index in [0.717, 1.165) is 24.4 Å². The summed E-state index contributed by atoms with van der Waals surface area (Å²) in [5.74, 6) is 0.319. The Labute approximate surface area is 131 Å². The summed E-state index contributed by atoms with van der Waals surface area (Å²) < 4.78 is 2.04. The summed E-state index contributed by atoms with van der Waals surface area (Å²) in [5, 5.41) is 2.06. The first-order valence-electron chi connectivity index (χ1n) is 7.20. The Kier molecular flexibility index (Phi) is 3.15. The van der Waals surface area contributed by atoms with Crippen LogP contribution in [0.2, 0.25) is 0 Å². The molecule has 22 heavy (non-hydrogen) atoms. The number of carbonyl (C=O) groups excluding carboxylic acids is 1. The van der Waals surface area contributed by atoms with E-state index in [4.69, 9.17) is 0 Å². The highest BCUT2D eigenvalue weighted by molar-refractivity contribution is 7.15. The van der Waals surface area contributed by atoms with Crippen molar-refractivity contribution in [3.05, 3.63) is 47.4 Å². The molecule has 0 radical (unpaired) electrons. The monoisotopic (exact) mass is 313 g/mol. The summed E-state index contributed by atoms with van der Waals surface area (Å²) in [5.41, 5.74) is 2.42. The Hall–Kier alpha value is -2.28. The van der Waals surface area contributed by atoms with Crippen molar-refractivity contribution < 1.29 is 4.79 Å². The van der Waals surface area contributed by atoms with Gasteiger partial charge in [-0.25, -0.2) is 15.0 Å². The van der Waals surface area contributed by atoms with E-state index in [1.807, 2.05) is 28.7 Å². The maximum absolute atomic E-state index is 12.6. The van der Waals surface area contributed by atoms with Crippen LogP contribution in [0.25, 0.3) is 4.83 Å². The van der Waals surface area contributed by atoms with Crippen molar-refractivity contribution in [2.24, 2.45) is 0 Å². The number of aryl methyl sites for hydroxylation is 1. The minimum atomic E-state index is 0.0160. The maximum atomic E-state index is 12.6. The lowest BCUT2D eigenvalue weighted by Crippen LogP contribution is -2.29. The quantitative estimate of drug-likeness (QED) is 0.727. The van der Waals surface area contributed by atoms with Gasteiger partial charge in [-0.05, 0) is 13.3 Å². The van der Waals surface area contributed by atoms with Gasteiger partial charge in [-0.15, -0.1) is 11.3 Å². The minimum absolute atomic E-state index is 0.0160. The maximum Gasteiger partial charge on any atom is 0.257 e. The van der Waals surface area contributed by atoms with Gasteiger partial charge in [-0.1, -0.05) is 0 Å². The predicted octanol–water partition coefficient (Wildman–Crippen LogP) is 2.12. The van der Waals surface area contributed by atoms with E-state index in [9.17, 15) is 4.79 Å². The lowest BCUT2D eigenvalue weighted by molar-refractivity contribution is 0.0789. The lowest BCUT2D eigenvalue weighted by atomic mass is 10.1. The Bertz CT molecular complexity index is 839. The van der Waals surface area contributed by atoms with E-state index in [1.165, 1.54) is 11.2 Å². The van der Waals surface area contributed by atoms with Gasteiger partial charge in [-0.2, -0.15) is 0 Å². The summed E-state index contributed by atoms with van der Waals surface area (Å²) in [6.07, 6.45) is 7.88. The first-order chi connectivity index (χ1) is 10.7. The van der Waals surface area contributed by atoms with Gasteiger partial charge in [0.25, 0.3) is 5.91 Å². The Balaban J connectivity index is 1.57. The Morgan fingerprint density at radius 2 is 2.32 bits per heavy atom. The fourth-order valence-electron chi connectivity index (χ4n) is 2.97. The third-order valence-corrected chi connectivity index (χ3v) is 5.08. The smallest absolute Gasteiger partial charge is 0.257 e. The molecule has 0 spiro atoms. The van der Waals surface area contributed by atoms with E-state index < -0.39 is 0 Å². The molecule has 0 N–H and O–H groups in total. The summed E-state index contributed by atoms with van der Waals surface area (Å²) in [7, 11) is 0. The molecule has 1 fully saturated rings. The van der Waals surface area contributed by atoms with Gasteiger partial charge in [-0.3, -0.25) is 9.20 Å². The van der Waals surface area contributed by atoms with Crippen LogP contribution in [0.1, 0.15) is 34.1 Å². The highest BCUT2D eigenvalue weighted by atomic mass is 32.1. The van der Waals surface area contributed by atoms with Crippen molar-refractivity contribution in [2.45, 2.75) is 19.3 Å². The number of thiazole rings is 1. The van der Waals surface area contributed by atoms with E-state index in [0.29, 0.717) is 18.0 Å². The highest BCUT2D eigenvalue weighted by Crippen LogP contribution is 2.31. The minimum Gasteiger partial charge on any atom is -0.338 e. The number of nitrogens with zero attached hydrogens (tertiary/aromatic N) is 5. The summed E-state index contributed by atoms with van der Waals surface area (Å²) in [4.78, 5) is 28.3. The molecule has 6 nitrogen and oxygen atoms in total. The van der Waals surface area contributed by atoms with Crippen molar-refractivity contribution in [1.82, 2.24) is 24.3 Å². The van der Waals surface area contributed by atoms with Crippen LogP contribution in [-0.4, -0.2) is 43.2 Å². The van der Waals surface area contributed by atoms with Crippen LogP contribution in [-0.2, 0) is 0 Å². The molecule has 7 heteroatoms. The first-order valence-corrected chi connectivity index (χ1v) is 8.08. The molecule has 0 saturated carbocycles. The van der Waals surface area contributed by atoms with Gasteiger partial charge in [0.15, 0.2) is 0 Å². The van der Waals surface area contributed by atoms with Gasteiger partial charge >= 0.3 is 0 Å². The summed E-state index contributed by atoms with van der Waals surface area (Å²) in [6.45, 7) is 3.30. The normalized spacial score (nSPS) is 18.2. The van der Waals surface area contributed by atoms with Gasteiger partial charge < -0.3 is 4.90 Å². The van der Waals surface area contributed by atoms with Crippen LogP contribution in [0.4, 0.5) is 0 Å². The lowest BCUT2D eigenvalue weighted by Gasteiger charge is -2.16. The summed E-state index contributed by atoms with van der Waals surface area (Å²) >= 11 is 1.69. The van der Waals surface area contributed by atoms with E-state index in [1.54, 1.807) is 17.5 Å². The van der Waals surface area contributed by atoms with Crippen molar-refractivity contribution in [3.63, 3.8) is 0 Å². The number of hydrogen-bond donors (Lipinski definition) is 0. The van der Waals surface area contributed by atoms with Gasteiger partial charge in [0.1, 0.15) is 17.5 Å². The first kappa shape index (κ1) is 13.4. The molecule has 1 saturated heterocycles. The molecule has 1 aliphatic rings. The molecule has 3 aromatic rings. The van der Waals surface area contributed by atoms with E-state index in [-0.39, 0.29) is 5.91 Å². The zero-order valence-electron chi connectivity index (χ0n) is 12.1. The number of fused-ring (bicyclic) bond motifs is 1. The SMILES string of the molecule is Cc1ncncc1C(=O)N1CC[C@@H](c2ncn3ccsc23)C1. The van der Waals surface area contributed by atoms with Gasteiger partial charge in [0.05, 0.1) is 17.0 Å². The van der Waals surface area contributed by atoms with Crippen molar-refractivity contribution in [1.29, 1.82) is 0 Å². The number of hydrogen-bond acceptors (Lipinski definition) is 5. The number of amides is 1. The van der Waals surface area contributed by atoms with Crippen LogP contribution >= 0.6 is 11.3 Å². The molecule has 4 rings (SSSR count). The van der Waals surface area contributed by atoms with E-state index in [2.05, 4.69) is 20.3 Å². The topological polar surface area (TPSA) is 63.4 Å². The molecule has 1 atom stereocenters. The summed E-state index contributed by atoms with van der Waals surface area (Å²) in [6, 6.07) is 0. The number of carbonyl (C=O) groups is 1. The van der Waals surface area contributed by atoms with Crippen molar-refractivity contribution in [3.8, 4) is 0 Å². The van der Waals surface area contributed by atoms with Gasteiger partial charge in [0.2, 0.25) is 0 Å². The Morgan fingerprint density at radius 1 is 1.41 bits per heavy atom. The van der Waals surface area contributed by atoms with Crippen molar-refractivity contribution in [2.75, 3.05) is 13.1 Å². The zero-order valence-corrected chi connectivity index (χ0v) is 13.0. The molecule has 0 aromatic carbocycles. The van der Waals surface area contributed by atoms with Gasteiger partial charge in [0, 0.05) is 36.8 Å². The average molecular weight is 313 g/mol. The standard InChI is InChI=1S/C15H15N5OS/c1-10-12(6-16-8-17-10)14(21)19-3-2-11(7-19)13-15-20(9-18-13)4-5-22-15/h4-6,8-9,11H,2-3,7H2,1H3/t11-/m1/s1. The predicted molar refractivity (Wildman–Crippen MR) is 83.1 cm³/mol. The molecule has 3 aromatic heterocycles. The Morgan fingerprint density at radius 3 is 3.18 bits per heavy atom. The number of likely N-dealkylation sites (tertiary alicyclic amines) is 1. The fraction of sp³-hybridized carbons (Fsp3) is 0.333. The molecular weight excluding hydrogens is 298 g/mol.